The lowest BCUT2D eigenvalue weighted by molar-refractivity contribution is 0.557. The predicted octanol–water partition coefficient (Wildman–Crippen LogP) is 3.84. The van der Waals surface area contributed by atoms with Crippen LogP contribution in [0.3, 0.4) is 0 Å². The fourth-order valence-electron chi connectivity index (χ4n) is 1.54. The van der Waals surface area contributed by atoms with Gasteiger partial charge in [-0.2, -0.15) is 0 Å². The highest BCUT2D eigenvalue weighted by Crippen LogP contribution is 2.14. The number of benzene rings is 1. The molecule has 0 saturated heterocycles. The molecule has 0 amide bonds. The summed E-state index contributed by atoms with van der Waals surface area (Å²) in [6.45, 7) is 5.12. The minimum Gasteiger partial charge on any atom is -0.403 e. The van der Waals surface area contributed by atoms with Gasteiger partial charge in [0.05, 0.1) is 28.0 Å². The maximum Gasteiger partial charge on any atom is 0.131 e. The van der Waals surface area contributed by atoms with Gasteiger partial charge in [0.15, 0.2) is 0 Å². The highest BCUT2D eigenvalue weighted by molar-refractivity contribution is 7.84. The molecule has 0 bridgehead atoms. The summed E-state index contributed by atoms with van der Waals surface area (Å²) in [5.41, 5.74) is 6.15. The van der Waals surface area contributed by atoms with Gasteiger partial charge < -0.3 is 11.1 Å². The van der Waals surface area contributed by atoms with E-state index in [2.05, 4.69) is 29.5 Å². The Kier molecular flexibility index (Phi) is 7.14. The second-order valence-electron chi connectivity index (χ2n) is 4.28. The monoisotopic (exact) mass is 343 g/mol. The van der Waals surface area contributed by atoms with E-state index in [1.165, 1.54) is 30.5 Å². The zero-order valence-electron chi connectivity index (χ0n) is 11.9. The summed E-state index contributed by atoms with van der Waals surface area (Å²) in [4.78, 5) is 4.16. The number of nitrogens with two attached hydrogens (primary N) is 1. The van der Waals surface area contributed by atoms with Crippen molar-refractivity contribution in [2.45, 2.75) is 13.5 Å². The van der Waals surface area contributed by atoms with Gasteiger partial charge in [-0.05, 0) is 25.1 Å². The molecule has 0 saturated carbocycles. The zero-order chi connectivity index (χ0) is 16.7. The number of rotatable bonds is 6. The first kappa shape index (κ1) is 18.3. The van der Waals surface area contributed by atoms with Crippen molar-refractivity contribution in [1.29, 1.82) is 0 Å². The van der Waals surface area contributed by atoms with Crippen molar-refractivity contribution >= 4 is 29.9 Å². The van der Waals surface area contributed by atoms with Crippen LogP contribution in [0.25, 0.3) is 0 Å². The van der Waals surface area contributed by atoms with E-state index in [1.807, 2.05) is 0 Å². The van der Waals surface area contributed by atoms with Gasteiger partial charge in [-0.3, -0.25) is 4.99 Å². The minimum atomic E-state index is -0.645. The van der Waals surface area contributed by atoms with Gasteiger partial charge in [-0.1, -0.05) is 24.2 Å². The third-order valence-corrected chi connectivity index (χ3v) is 2.99. The van der Waals surface area contributed by atoms with E-state index in [0.29, 0.717) is 16.4 Å². The van der Waals surface area contributed by atoms with E-state index >= 15 is 0 Å². The van der Waals surface area contributed by atoms with E-state index in [9.17, 15) is 8.78 Å². The molecule has 0 aliphatic heterocycles. The molecule has 0 spiro atoms. The summed E-state index contributed by atoms with van der Waals surface area (Å²) >= 11 is 9.88. The van der Waals surface area contributed by atoms with Gasteiger partial charge in [0.2, 0.25) is 0 Å². The number of hydrogen-bond donors (Lipinski definition) is 3. The number of halogens is 3. The van der Waals surface area contributed by atoms with Crippen molar-refractivity contribution in [1.82, 2.24) is 5.32 Å². The first-order chi connectivity index (χ1) is 10.3. The van der Waals surface area contributed by atoms with Crippen molar-refractivity contribution in [2.75, 3.05) is 0 Å². The van der Waals surface area contributed by atoms with Crippen LogP contribution in [-0.2, 0) is 6.54 Å². The summed E-state index contributed by atoms with van der Waals surface area (Å²) in [7, 11) is 0. The Morgan fingerprint density at radius 2 is 2.05 bits per heavy atom. The second-order valence-corrected chi connectivity index (χ2v) is 5.26. The Balaban J connectivity index is 3.06. The number of nitrogens with one attached hydrogen (secondary N) is 1. The smallest absolute Gasteiger partial charge is 0.131 e. The zero-order valence-corrected chi connectivity index (χ0v) is 13.6. The van der Waals surface area contributed by atoms with Crippen molar-refractivity contribution in [2.24, 2.45) is 10.7 Å². The third-order valence-electron chi connectivity index (χ3n) is 2.65. The van der Waals surface area contributed by atoms with Crippen LogP contribution in [0.5, 0.6) is 0 Å². The van der Waals surface area contributed by atoms with Gasteiger partial charge in [0.1, 0.15) is 11.6 Å². The summed E-state index contributed by atoms with van der Waals surface area (Å²) in [5, 5.41) is 3.47. The number of allylic oxidation sites excluding steroid dienone is 3. The lowest BCUT2D eigenvalue weighted by Gasteiger charge is -2.10. The number of nitrogens with zero attached hydrogens (tertiary/aromatic N) is 1. The SMILES string of the molecule is C=C(S)NC(=C/C(Cl)=C/N)/C(C)=N\Cc1c(F)cccc1F. The average molecular weight is 344 g/mol. The average Bonchev–Trinajstić information content (AvgIpc) is 2.45. The molecular formula is C15H16ClF2N3S. The fourth-order valence-corrected chi connectivity index (χ4v) is 1.77. The molecule has 0 aliphatic carbocycles. The van der Waals surface area contributed by atoms with Crippen molar-refractivity contribution in [3.63, 3.8) is 0 Å². The Morgan fingerprint density at radius 3 is 2.55 bits per heavy atom. The van der Waals surface area contributed by atoms with E-state index in [4.69, 9.17) is 17.3 Å². The Labute approximate surface area is 138 Å². The van der Waals surface area contributed by atoms with E-state index in [1.54, 1.807) is 6.92 Å². The maximum atomic E-state index is 13.6. The van der Waals surface area contributed by atoms with Crippen molar-refractivity contribution in [3.05, 3.63) is 70.0 Å². The molecule has 0 radical (unpaired) electrons. The Hall–Kier alpha value is -1.79. The molecule has 0 atom stereocenters. The van der Waals surface area contributed by atoms with Crippen molar-refractivity contribution in [3.8, 4) is 0 Å². The van der Waals surface area contributed by atoms with Crippen LogP contribution in [0.1, 0.15) is 12.5 Å². The summed E-state index contributed by atoms with van der Waals surface area (Å²) < 4.78 is 27.1. The maximum absolute atomic E-state index is 13.6. The van der Waals surface area contributed by atoms with Gasteiger partial charge in [-0.25, -0.2) is 8.78 Å². The molecule has 3 N–H and O–H groups in total. The molecule has 1 aromatic carbocycles. The Bertz CT molecular complexity index is 634. The number of thiol groups is 1. The first-order valence-electron chi connectivity index (χ1n) is 6.23. The lowest BCUT2D eigenvalue weighted by atomic mass is 10.2. The summed E-state index contributed by atoms with van der Waals surface area (Å²) in [6.07, 6.45) is 2.72. The van der Waals surface area contributed by atoms with Gasteiger partial charge in [-0.15, -0.1) is 12.6 Å². The highest BCUT2D eigenvalue weighted by atomic mass is 35.5. The number of aliphatic imine (C=N–C) groups is 1. The molecule has 0 fully saturated rings. The standard InChI is InChI=1S/C15H16ClF2N3S/c1-9(15(21-10(2)22)6-11(16)7-19)20-8-12-13(17)4-3-5-14(12)18/h3-7,21-22H,2,8,19H2,1H3/b11-7-,15-6+,20-9-. The highest BCUT2D eigenvalue weighted by Gasteiger charge is 2.09. The van der Waals surface area contributed by atoms with Crippen LogP contribution in [0.4, 0.5) is 8.78 Å². The number of hydrogen-bond acceptors (Lipinski definition) is 4. The van der Waals surface area contributed by atoms with Gasteiger partial charge >= 0.3 is 0 Å². The first-order valence-corrected chi connectivity index (χ1v) is 7.06. The van der Waals surface area contributed by atoms with E-state index < -0.39 is 11.6 Å². The molecule has 0 unspecified atom stereocenters. The van der Waals surface area contributed by atoms with Gasteiger partial charge in [0, 0.05) is 11.8 Å². The molecule has 0 heterocycles. The van der Waals surface area contributed by atoms with Crippen molar-refractivity contribution < 1.29 is 8.78 Å². The molecular weight excluding hydrogens is 328 g/mol. The van der Waals surface area contributed by atoms with Crippen LogP contribution in [0.15, 0.2) is 57.8 Å². The summed E-state index contributed by atoms with van der Waals surface area (Å²) in [6, 6.07) is 3.66. The summed E-state index contributed by atoms with van der Waals surface area (Å²) in [5.74, 6) is -1.29. The molecule has 1 rings (SSSR count). The van der Waals surface area contributed by atoms with Crippen LogP contribution in [0, 0.1) is 11.6 Å². The van der Waals surface area contributed by atoms with Gasteiger partial charge in [0.25, 0.3) is 0 Å². The third kappa shape index (κ3) is 5.54. The molecule has 0 aromatic heterocycles. The van der Waals surface area contributed by atoms with E-state index in [0.717, 1.165) is 0 Å². The van der Waals surface area contributed by atoms with Crippen LogP contribution >= 0.6 is 24.2 Å². The second kappa shape index (κ2) is 8.60. The molecule has 3 nitrogen and oxygen atoms in total. The normalized spacial score (nSPS) is 13.2. The van der Waals surface area contributed by atoms with Crippen LogP contribution in [0.2, 0.25) is 0 Å². The van der Waals surface area contributed by atoms with Crippen LogP contribution < -0.4 is 11.1 Å². The predicted molar refractivity (Wildman–Crippen MR) is 90.6 cm³/mol. The Morgan fingerprint density at radius 1 is 1.45 bits per heavy atom. The quantitative estimate of drug-likeness (QED) is 0.417. The molecule has 0 aliphatic rings. The molecule has 7 heteroatoms. The minimum absolute atomic E-state index is 0.105. The van der Waals surface area contributed by atoms with Crippen LogP contribution in [-0.4, -0.2) is 5.71 Å². The molecule has 1 aromatic rings. The molecule has 22 heavy (non-hydrogen) atoms. The topological polar surface area (TPSA) is 50.4 Å². The largest absolute Gasteiger partial charge is 0.403 e. The lowest BCUT2D eigenvalue weighted by Crippen LogP contribution is -2.16. The van der Waals surface area contributed by atoms with E-state index in [-0.39, 0.29) is 17.1 Å². The molecule has 118 valence electrons. The fraction of sp³-hybridized carbons (Fsp3) is 0.133.